The van der Waals surface area contributed by atoms with Crippen LogP contribution in [-0.2, 0) is 30.2 Å². The van der Waals surface area contributed by atoms with Gasteiger partial charge in [0.15, 0.2) is 0 Å². The maximum Gasteiger partial charge on any atom is 0.355 e. The summed E-state index contributed by atoms with van der Waals surface area (Å²) in [5.74, 6) is -1.20. The molecule has 0 aliphatic carbocycles. The number of esters is 2. The average molecular weight is 398 g/mol. The van der Waals surface area contributed by atoms with E-state index in [2.05, 4.69) is 15.9 Å². The third kappa shape index (κ3) is 3.47. The number of carbonyl (C=O) groups is 2. The van der Waals surface area contributed by atoms with E-state index in [1.807, 2.05) is 26.0 Å². The first-order chi connectivity index (χ1) is 11.4. The van der Waals surface area contributed by atoms with Gasteiger partial charge < -0.3 is 19.1 Å². The molecule has 6 nitrogen and oxygen atoms in total. The quantitative estimate of drug-likeness (QED) is 0.727. The fraction of sp³-hybridized carbons (Fsp3) is 0.412. The van der Waals surface area contributed by atoms with Crippen LogP contribution < -0.4 is 4.90 Å². The van der Waals surface area contributed by atoms with Crippen molar-refractivity contribution in [2.24, 2.45) is 0 Å². The summed E-state index contributed by atoms with van der Waals surface area (Å²) in [5, 5.41) is 0. The van der Waals surface area contributed by atoms with Gasteiger partial charge >= 0.3 is 11.9 Å². The predicted molar refractivity (Wildman–Crippen MR) is 92.6 cm³/mol. The van der Waals surface area contributed by atoms with Gasteiger partial charge in [-0.05, 0) is 36.6 Å². The van der Waals surface area contributed by atoms with E-state index < -0.39 is 11.9 Å². The first-order valence-corrected chi connectivity index (χ1v) is 8.27. The minimum absolute atomic E-state index is 0.00460. The Morgan fingerprint density at radius 1 is 1.25 bits per heavy atom. The monoisotopic (exact) mass is 397 g/mol. The summed E-state index contributed by atoms with van der Waals surface area (Å²) < 4.78 is 16.2. The van der Waals surface area contributed by atoms with Crippen LogP contribution in [0.1, 0.15) is 18.1 Å². The number of hydrogen-bond donors (Lipinski definition) is 0. The lowest BCUT2D eigenvalue weighted by Crippen LogP contribution is -2.39. The van der Waals surface area contributed by atoms with Crippen molar-refractivity contribution in [2.45, 2.75) is 20.3 Å². The molecule has 7 heteroatoms. The Balaban J connectivity index is 2.68. The molecule has 1 aromatic rings. The Morgan fingerprint density at radius 3 is 2.50 bits per heavy atom. The molecule has 1 heterocycles. The normalized spacial score (nSPS) is 14.6. The number of benzene rings is 1. The molecule has 0 N–H and O–H groups in total. The van der Waals surface area contributed by atoms with Gasteiger partial charge in [-0.1, -0.05) is 22.9 Å². The molecule has 0 atom stereocenters. The van der Waals surface area contributed by atoms with E-state index in [0.29, 0.717) is 0 Å². The van der Waals surface area contributed by atoms with E-state index in [4.69, 9.17) is 14.2 Å². The number of aryl methyl sites for hydroxylation is 2. The van der Waals surface area contributed by atoms with Crippen molar-refractivity contribution in [1.82, 2.24) is 0 Å². The summed E-state index contributed by atoms with van der Waals surface area (Å²) >= 11 is 3.49. The number of nitrogens with zero attached hydrogens (tertiary/aromatic N) is 1. The fourth-order valence-corrected chi connectivity index (χ4v) is 3.40. The van der Waals surface area contributed by atoms with E-state index in [1.54, 1.807) is 4.90 Å². The second-order valence-electron chi connectivity index (χ2n) is 5.30. The highest BCUT2D eigenvalue weighted by atomic mass is 79.9. The Morgan fingerprint density at radius 2 is 1.92 bits per heavy atom. The van der Waals surface area contributed by atoms with Crippen LogP contribution in [0.4, 0.5) is 5.69 Å². The molecule has 1 aliphatic rings. The first kappa shape index (κ1) is 18.5. The summed E-state index contributed by atoms with van der Waals surface area (Å²) in [6.45, 7) is 4.13. The van der Waals surface area contributed by atoms with Crippen molar-refractivity contribution < 1.29 is 23.8 Å². The zero-order chi connectivity index (χ0) is 17.9. The zero-order valence-electron chi connectivity index (χ0n) is 14.1. The van der Waals surface area contributed by atoms with E-state index in [9.17, 15) is 9.59 Å². The molecular formula is C17H20BrNO5. The van der Waals surface area contributed by atoms with Crippen molar-refractivity contribution in [3.05, 3.63) is 39.0 Å². The van der Waals surface area contributed by atoms with Gasteiger partial charge in [0, 0.05) is 10.2 Å². The lowest BCUT2D eigenvalue weighted by Gasteiger charge is -2.33. The van der Waals surface area contributed by atoms with Gasteiger partial charge in [-0.25, -0.2) is 9.59 Å². The molecule has 0 aromatic heterocycles. The largest absolute Gasteiger partial charge is 0.466 e. The van der Waals surface area contributed by atoms with Crippen LogP contribution in [0.2, 0.25) is 0 Å². The molecule has 0 radical (unpaired) electrons. The summed E-state index contributed by atoms with van der Waals surface area (Å²) in [6.07, 6.45) is 0.758. The van der Waals surface area contributed by atoms with Crippen molar-refractivity contribution in [2.75, 3.05) is 32.5 Å². The lowest BCUT2D eigenvalue weighted by molar-refractivity contribution is -0.140. The van der Waals surface area contributed by atoms with Gasteiger partial charge in [-0.15, -0.1) is 0 Å². The van der Waals surface area contributed by atoms with Gasteiger partial charge in [0.05, 0.1) is 26.4 Å². The van der Waals surface area contributed by atoms with Crippen LogP contribution >= 0.6 is 15.9 Å². The second-order valence-corrected chi connectivity index (χ2v) is 6.22. The van der Waals surface area contributed by atoms with Gasteiger partial charge in [0.2, 0.25) is 0 Å². The van der Waals surface area contributed by atoms with Crippen LogP contribution in [-0.4, -0.2) is 39.5 Å². The van der Waals surface area contributed by atoms with E-state index >= 15 is 0 Å². The number of anilines is 1. The minimum atomic E-state index is -0.604. The third-order valence-corrected chi connectivity index (χ3v) is 4.29. The topological polar surface area (TPSA) is 65.1 Å². The smallest absolute Gasteiger partial charge is 0.355 e. The average Bonchev–Trinajstić information content (AvgIpc) is 2.59. The number of carbonyl (C=O) groups excluding carboxylic acids is 2. The molecular weight excluding hydrogens is 378 g/mol. The van der Waals surface area contributed by atoms with E-state index in [1.165, 1.54) is 14.2 Å². The number of ether oxygens (including phenoxy) is 3. The zero-order valence-corrected chi connectivity index (χ0v) is 15.7. The number of halogens is 1. The summed E-state index contributed by atoms with van der Waals surface area (Å²) in [5.41, 5.74) is 3.13. The van der Waals surface area contributed by atoms with Crippen molar-refractivity contribution >= 4 is 33.6 Å². The van der Waals surface area contributed by atoms with Crippen LogP contribution in [0.5, 0.6) is 0 Å². The highest BCUT2D eigenvalue weighted by Gasteiger charge is 2.33. The van der Waals surface area contributed by atoms with Crippen LogP contribution in [0.15, 0.2) is 27.9 Å². The molecule has 1 aromatic carbocycles. The maximum absolute atomic E-state index is 12.4. The van der Waals surface area contributed by atoms with Crippen molar-refractivity contribution in [3.8, 4) is 0 Å². The Labute approximate surface area is 149 Å². The lowest BCUT2D eigenvalue weighted by atomic mass is 10.0. The maximum atomic E-state index is 12.4. The van der Waals surface area contributed by atoms with Crippen molar-refractivity contribution in [1.29, 1.82) is 0 Å². The van der Waals surface area contributed by atoms with Crippen molar-refractivity contribution in [3.63, 3.8) is 0 Å². The molecule has 0 unspecified atom stereocenters. The molecule has 0 saturated carbocycles. The molecule has 1 aliphatic heterocycles. The third-order valence-electron chi connectivity index (χ3n) is 3.83. The van der Waals surface area contributed by atoms with Gasteiger partial charge in [0.25, 0.3) is 0 Å². The molecule has 2 rings (SSSR count). The van der Waals surface area contributed by atoms with Gasteiger partial charge in [-0.2, -0.15) is 0 Å². The summed E-state index contributed by atoms with van der Waals surface area (Å²) in [4.78, 5) is 26.1. The highest BCUT2D eigenvalue weighted by molar-refractivity contribution is 9.10. The molecule has 0 bridgehead atoms. The fourth-order valence-electron chi connectivity index (χ4n) is 2.78. The summed E-state index contributed by atoms with van der Waals surface area (Å²) in [7, 11) is 2.55. The molecule has 130 valence electrons. The number of methoxy groups -OCH3 is 2. The standard InChI is InChI=1S/C17H20BrNO5/c1-5-11-7-12(18)6-10(2)14(11)19-9-24-8-13(16(20)22-3)15(19)17(21)23-4/h6-7H,5,8-9H2,1-4H3. The second kappa shape index (κ2) is 7.81. The Hall–Kier alpha value is -1.86. The SMILES string of the molecule is CCc1cc(Br)cc(C)c1N1COCC(C(=O)OC)=C1C(=O)OC. The van der Waals surface area contributed by atoms with E-state index in [0.717, 1.165) is 27.7 Å². The number of hydrogen-bond acceptors (Lipinski definition) is 6. The Bertz CT molecular complexity index is 698. The highest BCUT2D eigenvalue weighted by Crippen LogP contribution is 2.34. The molecule has 24 heavy (non-hydrogen) atoms. The predicted octanol–water partition coefficient (Wildman–Crippen LogP) is 2.71. The number of rotatable bonds is 4. The van der Waals surface area contributed by atoms with Crippen LogP contribution in [0.3, 0.4) is 0 Å². The Kier molecular flexibility index (Phi) is 6.01. The summed E-state index contributed by atoms with van der Waals surface area (Å²) in [6, 6.07) is 3.94. The van der Waals surface area contributed by atoms with Gasteiger partial charge in [0.1, 0.15) is 12.4 Å². The van der Waals surface area contributed by atoms with Crippen LogP contribution in [0, 0.1) is 6.92 Å². The molecule has 0 fully saturated rings. The first-order valence-electron chi connectivity index (χ1n) is 7.48. The van der Waals surface area contributed by atoms with Crippen LogP contribution in [0.25, 0.3) is 0 Å². The minimum Gasteiger partial charge on any atom is -0.466 e. The molecule has 0 amide bonds. The molecule has 0 spiro atoms. The van der Waals surface area contributed by atoms with Gasteiger partial charge in [-0.3, -0.25) is 0 Å². The van der Waals surface area contributed by atoms with E-state index in [-0.39, 0.29) is 24.6 Å². The molecule has 0 saturated heterocycles.